The van der Waals surface area contributed by atoms with Gasteiger partial charge in [-0.05, 0) is 152 Å². The van der Waals surface area contributed by atoms with E-state index in [9.17, 15) is 0 Å². The molecule has 0 saturated heterocycles. The number of fused-ring (bicyclic) bond motifs is 6. The zero-order valence-corrected chi connectivity index (χ0v) is 37.2. The lowest BCUT2D eigenvalue weighted by atomic mass is 9.93. The number of nitrogens with zero attached hydrogens (tertiary/aromatic N) is 2. The second-order valence-corrected chi connectivity index (χ2v) is 17.4. The fourth-order valence-electron chi connectivity index (χ4n) is 10.4. The Kier molecular flexibility index (Phi) is 9.80. The summed E-state index contributed by atoms with van der Waals surface area (Å²) in [4.78, 5) is 0. The van der Waals surface area contributed by atoms with Gasteiger partial charge in [-0.3, -0.25) is 0 Å². The quantitative estimate of drug-likeness (QED) is 0.137. The van der Waals surface area contributed by atoms with Crippen LogP contribution in [0, 0.1) is 0 Å². The lowest BCUT2D eigenvalue weighted by Crippen LogP contribution is -1.98. The molecular weight excluding hydrogens is 797 g/mol. The molecule has 0 aliphatic rings. The molecule has 0 N–H and O–H groups in total. The fraction of sp³-hybridized carbons (Fsp3) is 0.0625. The summed E-state index contributed by atoms with van der Waals surface area (Å²) < 4.78 is 4.90. The first kappa shape index (κ1) is 39.4. The molecule has 0 saturated carbocycles. The van der Waals surface area contributed by atoms with Crippen LogP contribution in [0.4, 0.5) is 0 Å². The zero-order chi connectivity index (χ0) is 44.1. The van der Waals surface area contributed by atoms with Gasteiger partial charge in [0.05, 0.1) is 22.1 Å². The van der Waals surface area contributed by atoms with E-state index in [1.165, 1.54) is 116 Å². The Bertz CT molecular complexity index is 3740. The number of aromatic nitrogens is 2. The Balaban J connectivity index is 1.04. The smallest absolute Gasteiger partial charge is 0.0541 e. The first-order valence-corrected chi connectivity index (χ1v) is 23.3. The van der Waals surface area contributed by atoms with Gasteiger partial charge in [0.1, 0.15) is 0 Å². The maximum absolute atomic E-state index is 2.48. The molecule has 0 bridgehead atoms. The van der Waals surface area contributed by atoms with Crippen LogP contribution in [0.2, 0.25) is 0 Å². The minimum absolute atomic E-state index is 0.950. The minimum atomic E-state index is 0.950. The molecule has 0 fully saturated rings. The van der Waals surface area contributed by atoms with Crippen LogP contribution in [0.15, 0.2) is 231 Å². The van der Waals surface area contributed by atoms with Crippen LogP contribution in [-0.2, 0) is 12.8 Å². The number of hydrogen-bond donors (Lipinski definition) is 0. The molecule has 10 aromatic carbocycles. The average Bonchev–Trinajstić information content (AvgIpc) is 3.90. The summed E-state index contributed by atoms with van der Waals surface area (Å²) in [5.74, 6) is 0. The first-order chi connectivity index (χ1) is 32.6. The molecular formula is C64H48N2. The highest BCUT2D eigenvalue weighted by molar-refractivity contribution is 6.14. The molecule has 2 nitrogen and oxygen atoms in total. The van der Waals surface area contributed by atoms with Crippen molar-refractivity contribution >= 4 is 43.6 Å². The van der Waals surface area contributed by atoms with Gasteiger partial charge in [-0.25, -0.2) is 0 Å². The summed E-state index contributed by atoms with van der Waals surface area (Å²) in [5, 5.41) is 4.96. The Morgan fingerprint density at radius 2 is 0.591 bits per heavy atom. The molecule has 12 aromatic rings. The van der Waals surface area contributed by atoms with Crippen LogP contribution in [0.1, 0.15) is 25.0 Å². The van der Waals surface area contributed by atoms with Crippen molar-refractivity contribution in [3.05, 3.63) is 242 Å². The maximum Gasteiger partial charge on any atom is 0.0541 e. The van der Waals surface area contributed by atoms with Crippen molar-refractivity contribution in [3.63, 3.8) is 0 Å². The largest absolute Gasteiger partial charge is 0.309 e. The van der Waals surface area contributed by atoms with E-state index in [-0.39, 0.29) is 0 Å². The van der Waals surface area contributed by atoms with Gasteiger partial charge in [-0.1, -0.05) is 172 Å². The number of benzene rings is 10. The molecule has 2 aromatic heterocycles. The van der Waals surface area contributed by atoms with Gasteiger partial charge in [0.15, 0.2) is 0 Å². The third-order valence-electron chi connectivity index (χ3n) is 13.7. The van der Waals surface area contributed by atoms with E-state index in [2.05, 4.69) is 254 Å². The van der Waals surface area contributed by atoms with Gasteiger partial charge in [-0.2, -0.15) is 0 Å². The third-order valence-corrected chi connectivity index (χ3v) is 13.7. The van der Waals surface area contributed by atoms with Crippen molar-refractivity contribution in [1.82, 2.24) is 9.13 Å². The van der Waals surface area contributed by atoms with Gasteiger partial charge in [0, 0.05) is 32.9 Å². The van der Waals surface area contributed by atoms with E-state index in [0.717, 1.165) is 18.5 Å². The van der Waals surface area contributed by atoms with Gasteiger partial charge in [-0.15, -0.1) is 0 Å². The molecule has 0 atom stereocenters. The van der Waals surface area contributed by atoms with E-state index in [1.54, 1.807) is 0 Å². The molecule has 0 radical (unpaired) electrons. The van der Waals surface area contributed by atoms with Crippen LogP contribution in [0.3, 0.4) is 0 Å². The summed E-state index contributed by atoms with van der Waals surface area (Å²) >= 11 is 0. The minimum Gasteiger partial charge on any atom is -0.309 e. The normalized spacial score (nSPS) is 11.6. The second-order valence-electron chi connectivity index (χ2n) is 17.4. The van der Waals surface area contributed by atoms with Crippen molar-refractivity contribution in [1.29, 1.82) is 0 Å². The zero-order valence-electron chi connectivity index (χ0n) is 37.2. The summed E-state index contributed by atoms with van der Waals surface area (Å²) in [6.45, 7) is 4.53. The van der Waals surface area contributed by atoms with E-state index >= 15 is 0 Å². The van der Waals surface area contributed by atoms with E-state index < -0.39 is 0 Å². The molecule has 314 valence electrons. The highest BCUT2D eigenvalue weighted by Gasteiger charge is 2.19. The topological polar surface area (TPSA) is 9.86 Å². The van der Waals surface area contributed by atoms with Crippen molar-refractivity contribution in [2.75, 3.05) is 0 Å². The van der Waals surface area contributed by atoms with Crippen LogP contribution < -0.4 is 0 Å². The lowest BCUT2D eigenvalue weighted by molar-refractivity contribution is 1.10. The lowest BCUT2D eigenvalue weighted by Gasteiger charge is -2.16. The number of aryl methyl sites for hydroxylation is 2. The Morgan fingerprint density at radius 3 is 1.05 bits per heavy atom. The maximum atomic E-state index is 2.48. The first-order valence-electron chi connectivity index (χ1n) is 23.3. The van der Waals surface area contributed by atoms with E-state index in [0.29, 0.717) is 0 Å². The highest BCUT2D eigenvalue weighted by atomic mass is 15.0. The highest BCUT2D eigenvalue weighted by Crippen LogP contribution is 2.41. The summed E-state index contributed by atoms with van der Waals surface area (Å²) in [7, 11) is 0. The Hall–Kier alpha value is -8.20. The molecule has 12 rings (SSSR count). The summed E-state index contributed by atoms with van der Waals surface area (Å²) in [6, 6.07) is 85.1. The van der Waals surface area contributed by atoms with Crippen LogP contribution in [-0.4, -0.2) is 9.13 Å². The molecule has 66 heavy (non-hydrogen) atoms. The van der Waals surface area contributed by atoms with Crippen LogP contribution >= 0.6 is 0 Å². The number of rotatable bonds is 9. The van der Waals surface area contributed by atoms with Gasteiger partial charge in [0.2, 0.25) is 0 Å². The molecule has 2 heteroatoms. The predicted molar refractivity (Wildman–Crippen MR) is 281 cm³/mol. The third kappa shape index (κ3) is 6.73. The monoisotopic (exact) mass is 844 g/mol. The average molecular weight is 845 g/mol. The Morgan fingerprint density at radius 1 is 0.258 bits per heavy atom. The molecule has 2 heterocycles. The standard InChI is InChI=1S/C64H48N2/c1-3-43-16-14-15-23-55(43)56-33-32-54(38-44(56)4-2)66-63-35-27-50(47-21-12-7-13-22-47)40-58(63)60-42-52(29-37-64(60)66)51-28-36-62-59(41-51)57-39-49(46-19-10-6-11-20-46)26-34-61(57)65(62)53-30-24-48(25-31-53)45-17-8-5-9-18-45/h5-42H,3-4H2,1-2H3. The van der Waals surface area contributed by atoms with E-state index in [1.807, 2.05) is 0 Å². The van der Waals surface area contributed by atoms with Gasteiger partial charge >= 0.3 is 0 Å². The van der Waals surface area contributed by atoms with Crippen LogP contribution in [0.25, 0.3) is 111 Å². The van der Waals surface area contributed by atoms with Gasteiger partial charge in [0.25, 0.3) is 0 Å². The Labute approximate surface area is 386 Å². The predicted octanol–water partition coefficient (Wildman–Crippen LogP) is 17.3. The van der Waals surface area contributed by atoms with E-state index in [4.69, 9.17) is 0 Å². The van der Waals surface area contributed by atoms with Crippen molar-refractivity contribution < 1.29 is 0 Å². The second kappa shape index (κ2) is 16.4. The molecule has 0 amide bonds. The number of hydrogen-bond acceptors (Lipinski definition) is 0. The molecule has 0 spiro atoms. The van der Waals surface area contributed by atoms with Crippen molar-refractivity contribution in [2.24, 2.45) is 0 Å². The fourth-order valence-corrected chi connectivity index (χ4v) is 10.4. The molecule has 0 aliphatic carbocycles. The molecule has 0 aliphatic heterocycles. The van der Waals surface area contributed by atoms with Crippen molar-refractivity contribution in [3.8, 4) is 67.0 Å². The summed E-state index contributed by atoms with van der Waals surface area (Å²) in [5.41, 5.74) is 22.2. The van der Waals surface area contributed by atoms with Gasteiger partial charge < -0.3 is 9.13 Å². The van der Waals surface area contributed by atoms with Crippen molar-refractivity contribution in [2.45, 2.75) is 26.7 Å². The molecule has 0 unspecified atom stereocenters. The summed E-state index contributed by atoms with van der Waals surface area (Å²) in [6.07, 6.45) is 1.96. The van der Waals surface area contributed by atoms with Crippen LogP contribution in [0.5, 0.6) is 0 Å². The SMILES string of the molecule is CCc1ccccc1-c1ccc(-n2c3ccc(-c4ccccc4)cc3c3cc(-c4ccc5c(c4)c4cc(-c6ccccc6)ccc4n5-c4ccc(-c5ccccc5)cc4)ccc32)cc1CC.